The van der Waals surface area contributed by atoms with Gasteiger partial charge in [0, 0.05) is 12.1 Å². The lowest BCUT2D eigenvalue weighted by molar-refractivity contribution is 0.239. The van der Waals surface area contributed by atoms with E-state index in [4.69, 9.17) is 5.11 Å². The lowest BCUT2D eigenvalue weighted by atomic mass is 10.2. The highest BCUT2D eigenvalue weighted by Gasteiger charge is 2.23. The molecule has 0 aliphatic heterocycles. The number of hydrogen-bond acceptors (Lipinski definition) is 3. The van der Waals surface area contributed by atoms with Gasteiger partial charge < -0.3 is 10.4 Å². The molecule has 84 valence electrons. The Morgan fingerprint density at radius 3 is 2.79 bits per heavy atom. The quantitative estimate of drug-likeness (QED) is 0.580. The summed E-state index contributed by atoms with van der Waals surface area (Å²) in [5.74, 6) is 2.46. The molecule has 0 spiro atoms. The fourth-order valence-electron chi connectivity index (χ4n) is 1.38. The van der Waals surface area contributed by atoms with Crippen LogP contribution in [0.2, 0.25) is 0 Å². The molecular formula is C11H23NOS. The predicted octanol–water partition coefficient (Wildman–Crippen LogP) is 2.02. The van der Waals surface area contributed by atoms with Crippen LogP contribution >= 0.6 is 11.8 Å². The third kappa shape index (κ3) is 5.89. The van der Waals surface area contributed by atoms with Crippen LogP contribution in [0.3, 0.4) is 0 Å². The molecular weight excluding hydrogens is 194 g/mol. The van der Waals surface area contributed by atoms with Crippen LogP contribution in [0.1, 0.15) is 39.0 Å². The van der Waals surface area contributed by atoms with Crippen molar-refractivity contribution in [2.24, 2.45) is 0 Å². The Kier molecular flexibility index (Phi) is 6.65. The van der Waals surface area contributed by atoms with Gasteiger partial charge in [0.15, 0.2) is 0 Å². The highest BCUT2D eigenvalue weighted by molar-refractivity contribution is 7.99. The predicted molar refractivity (Wildman–Crippen MR) is 63.9 cm³/mol. The minimum Gasteiger partial charge on any atom is -0.395 e. The van der Waals surface area contributed by atoms with Gasteiger partial charge >= 0.3 is 0 Å². The Morgan fingerprint density at radius 1 is 1.43 bits per heavy atom. The molecule has 3 heteroatoms. The largest absolute Gasteiger partial charge is 0.395 e. The second kappa shape index (κ2) is 7.55. The van der Waals surface area contributed by atoms with Crippen molar-refractivity contribution in [3.63, 3.8) is 0 Å². The standard InChI is InChI=1S/C11H23NOS/c1-2-3-7-14-8-6-11(9-13)12-10-4-5-10/h10-13H,2-9H2,1H3. The zero-order valence-corrected chi connectivity index (χ0v) is 9.98. The Bertz CT molecular complexity index is 139. The van der Waals surface area contributed by atoms with Gasteiger partial charge in [-0.25, -0.2) is 0 Å². The normalized spacial score (nSPS) is 18.4. The number of nitrogens with one attached hydrogen (secondary N) is 1. The maximum atomic E-state index is 9.13. The van der Waals surface area contributed by atoms with Crippen LogP contribution in [-0.2, 0) is 0 Å². The minimum atomic E-state index is 0.296. The van der Waals surface area contributed by atoms with E-state index in [0.717, 1.165) is 6.42 Å². The molecule has 0 saturated heterocycles. The van der Waals surface area contributed by atoms with Crippen molar-refractivity contribution in [2.75, 3.05) is 18.1 Å². The fourth-order valence-corrected chi connectivity index (χ4v) is 2.53. The summed E-state index contributed by atoms with van der Waals surface area (Å²) < 4.78 is 0. The maximum absolute atomic E-state index is 9.13. The van der Waals surface area contributed by atoms with Crippen LogP contribution in [0.4, 0.5) is 0 Å². The van der Waals surface area contributed by atoms with Gasteiger partial charge in [-0.2, -0.15) is 11.8 Å². The molecule has 1 aliphatic carbocycles. The van der Waals surface area contributed by atoms with Gasteiger partial charge in [-0.15, -0.1) is 0 Å². The van der Waals surface area contributed by atoms with E-state index in [9.17, 15) is 0 Å². The molecule has 0 aromatic heterocycles. The number of hydrogen-bond donors (Lipinski definition) is 2. The smallest absolute Gasteiger partial charge is 0.0585 e. The van der Waals surface area contributed by atoms with E-state index >= 15 is 0 Å². The Morgan fingerprint density at radius 2 is 2.21 bits per heavy atom. The van der Waals surface area contributed by atoms with Crippen molar-refractivity contribution < 1.29 is 5.11 Å². The zero-order valence-electron chi connectivity index (χ0n) is 9.17. The van der Waals surface area contributed by atoms with E-state index in [0.29, 0.717) is 18.7 Å². The van der Waals surface area contributed by atoms with E-state index in [1.165, 1.54) is 37.2 Å². The van der Waals surface area contributed by atoms with E-state index in [1.807, 2.05) is 11.8 Å². The summed E-state index contributed by atoms with van der Waals surface area (Å²) in [5, 5.41) is 12.6. The van der Waals surface area contributed by atoms with Gasteiger partial charge in [-0.3, -0.25) is 0 Å². The first-order valence-corrected chi connectivity index (χ1v) is 6.97. The van der Waals surface area contributed by atoms with Crippen molar-refractivity contribution in [1.82, 2.24) is 5.32 Å². The Balaban J connectivity index is 1.90. The summed E-state index contributed by atoms with van der Waals surface area (Å²) in [4.78, 5) is 0. The molecule has 1 fully saturated rings. The molecule has 0 heterocycles. The average molecular weight is 217 g/mol. The summed E-state index contributed by atoms with van der Waals surface area (Å²) in [6, 6.07) is 1.06. The molecule has 2 N–H and O–H groups in total. The van der Waals surface area contributed by atoms with Crippen molar-refractivity contribution in [2.45, 2.75) is 51.1 Å². The maximum Gasteiger partial charge on any atom is 0.0585 e. The number of unbranched alkanes of at least 4 members (excludes halogenated alkanes) is 1. The molecule has 0 radical (unpaired) electrons. The third-order valence-electron chi connectivity index (χ3n) is 2.52. The molecule has 0 bridgehead atoms. The molecule has 1 atom stereocenters. The van der Waals surface area contributed by atoms with Gasteiger partial charge in [-0.05, 0) is 37.2 Å². The number of aliphatic hydroxyl groups excluding tert-OH is 1. The molecule has 1 unspecified atom stereocenters. The van der Waals surface area contributed by atoms with E-state index in [1.54, 1.807) is 0 Å². The minimum absolute atomic E-state index is 0.296. The molecule has 2 nitrogen and oxygen atoms in total. The van der Waals surface area contributed by atoms with Gasteiger partial charge in [0.05, 0.1) is 6.61 Å². The summed E-state index contributed by atoms with van der Waals surface area (Å²) in [6.07, 6.45) is 6.33. The number of thioether (sulfide) groups is 1. The van der Waals surface area contributed by atoms with Crippen LogP contribution in [0.5, 0.6) is 0 Å². The average Bonchev–Trinajstić information content (AvgIpc) is 2.99. The monoisotopic (exact) mass is 217 g/mol. The number of rotatable bonds is 9. The summed E-state index contributed by atoms with van der Waals surface area (Å²) in [7, 11) is 0. The second-order valence-electron chi connectivity index (χ2n) is 4.08. The van der Waals surface area contributed by atoms with E-state index < -0.39 is 0 Å². The van der Waals surface area contributed by atoms with Crippen molar-refractivity contribution >= 4 is 11.8 Å². The third-order valence-corrected chi connectivity index (χ3v) is 3.62. The topological polar surface area (TPSA) is 32.3 Å². The van der Waals surface area contributed by atoms with E-state index in [-0.39, 0.29) is 0 Å². The summed E-state index contributed by atoms with van der Waals surface area (Å²) in [5.41, 5.74) is 0. The lowest BCUT2D eigenvalue weighted by Gasteiger charge is -2.15. The lowest BCUT2D eigenvalue weighted by Crippen LogP contribution is -2.34. The summed E-state index contributed by atoms with van der Waals surface area (Å²) >= 11 is 2.02. The fraction of sp³-hybridized carbons (Fsp3) is 1.00. The first kappa shape index (κ1) is 12.3. The van der Waals surface area contributed by atoms with Crippen LogP contribution in [0.15, 0.2) is 0 Å². The Labute approximate surface area is 91.9 Å². The van der Waals surface area contributed by atoms with Gasteiger partial charge in [0.25, 0.3) is 0 Å². The molecule has 0 amide bonds. The Hall–Kier alpha value is 0.270. The molecule has 1 aliphatic rings. The summed E-state index contributed by atoms with van der Waals surface area (Å²) in [6.45, 7) is 2.52. The van der Waals surface area contributed by atoms with Crippen molar-refractivity contribution in [1.29, 1.82) is 0 Å². The van der Waals surface area contributed by atoms with Crippen LogP contribution in [0.25, 0.3) is 0 Å². The molecule has 0 aromatic carbocycles. The first-order valence-electron chi connectivity index (χ1n) is 5.81. The van der Waals surface area contributed by atoms with Crippen molar-refractivity contribution in [3.8, 4) is 0 Å². The van der Waals surface area contributed by atoms with Crippen LogP contribution < -0.4 is 5.32 Å². The van der Waals surface area contributed by atoms with Gasteiger partial charge in [-0.1, -0.05) is 13.3 Å². The first-order chi connectivity index (χ1) is 6.86. The molecule has 0 aromatic rings. The second-order valence-corrected chi connectivity index (χ2v) is 5.30. The number of aliphatic hydroxyl groups is 1. The highest BCUT2D eigenvalue weighted by atomic mass is 32.2. The van der Waals surface area contributed by atoms with Gasteiger partial charge in [0.2, 0.25) is 0 Å². The van der Waals surface area contributed by atoms with Crippen LogP contribution in [0, 0.1) is 0 Å². The van der Waals surface area contributed by atoms with Crippen molar-refractivity contribution in [3.05, 3.63) is 0 Å². The van der Waals surface area contributed by atoms with E-state index in [2.05, 4.69) is 12.2 Å². The molecule has 1 saturated carbocycles. The van der Waals surface area contributed by atoms with Crippen LogP contribution in [-0.4, -0.2) is 35.3 Å². The highest BCUT2D eigenvalue weighted by Crippen LogP contribution is 2.20. The zero-order chi connectivity index (χ0) is 10.2. The van der Waals surface area contributed by atoms with Gasteiger partial charge in [0.1, 0.15) is 0 Å². The molecule has 14 heavy (non-hydrogen) atoms. The SMILES string of the molecule is CCCCSCCC(CO)NC1CC1. The molecule has 1 rings (SSSR count).